The van der Waals surface area contributed by atoms with Gasteiger partial charge in [-0.1, -0.05) is 0 Å². The first-order valence-corrected chi connectivity index (χ1v) is 10.6. The van der Waals surface area contributed by atoms with Gasteiger partial charge >= 0.3 is 11.7 Å². The summed E-state index contributed by atoms with van der Waals surface area (Å²) in [6, 6.07) is 3.87. The van der Waals surface area contributed by atoms with Gasteiger partial charge in [0.2, 0.25) is 5.82 Å². The molecule has 3 aromatic rings. The molecule has 12 nitrogen and oxygen atoms in total. The van der Waals surface area contributed by atoms with E-state index in [0.29, 0.717) is 17.0 Å². The number of hydrogen-bond acceptors (Lipinski definition) is 7. The highest BCUT2D eigenvalue weighted by molar-refractivity contribution is 6.38. The molecule has 2 saturated heterocycles. The van der Waals surface area contributed by atoms with Crippen LogP contribution in [-0.2, 0) is 4.79 Å². The molecule has 1 amide bonds. The van der Waals surface area contributed by atoms with Gasteiger partial charge in [-0.25, -0.2) is 15.0 Å². The summed E-state index contributed by atoms with van der Waals surface area (Å²) in [6.07, 6.45) is 9.17. The first-order chi connectivity index (χ1) is 16.0. The Morgan fingerprint density at radius 3 is 2.58 bits per heavy atom. The van der Waals surface area contributed by atoms with Crippen LogP contribution >= 0.6 is 0 Å². The Morgan fingerprint density at radius 1 is 1.24 bits per heavy atom. The van der Waals surface area contributed by atoms with Gasteiger partial charge in [-0.15, -0.1) is 0 Å². The molecule has 166 valence electrons. The second-order valence-electron chi connectivity index (χ2n) is 8.24. The van der Waals surface area contributed by atoms with E-state index in [1.807, 2.05) is 17.0 Å². The van der Waals surface area contributed by atoms with Crippen molar-refractivity contribution < 1.29 is 10.2 Å². The third kappa shape index (κ3) is 3.43. The molecule has 2 bridgehead atoms. The Kier molecular flexibility index (Phi) is 4.93. The number of nitrogens with zero attached hydrogens (tertiary/aromatic N) is 8. The van der Waals surface area contributed by atoms with Gasteiger partial charge in [-0.2, -0.15) is 14.9 Å². The van der Waals surface area contributed by atoms with Crippen LogP contribution in [0.3, 0.4) is 0 Å². The zero-order valence-corrected chi connectivity index (χ0v) is 17.7. The first-order valence-electron chi connectivity index (χ1n) is 10.6. The lowest BCUT2D eigenvalue weighted by Crippen LogP contribution is -2.51. The number of aromatic nitrogens is 5. The molecule has 6 N–H and O–H groups in total. The lowest BCUT2D eigenvalue weighted by molar-refractivity contribution is -0.128. The summed E-state index contributed by atoms with van der Waals surface area (Å²) in [7, 11) is 0. The van der Waals surface area contributed by atoms with E-state index in [-0.39, 0.29) is 35.6 Å². The maximum Gasteiger partial charge on any atom is 0.316 e. The number of nitriles is 1. The van der Waals surface area contributed by atoms with Gasteiger partial charge in [0.1, 0.15) is 11.9 Å². The molecule has 5 rings (SSSR count). The molecule has 0 aliphatic carbocycles. The molecule has 12 heteroatoms. The molecular weight excluding hydrogens is 422 g/mol. The molecule has 0 aromatic carbocycles. The molecule has 0 spiro atoms. The van der Waals surface area contributed by atoms with Crippen LogP contribution in [-0.4, -0.2) is 59.6 Å². The maximum atomic E-state index is 12.7. The van der Waals surface area contributed by atoms with E-state index in [4.69, 9.17) is 27.1 Å². The predicted molar refractivity (Wildman–Crippen MR) is 118 cm³/mol. The van der Waals surface area contributed by atoms with Crippen molar-refractivity contribution in [2.75, 3.05) is 5.73 Å². The number of piperidine rings is 1. The van der Waals surface area contributed by atoms with Crippen molar-refractivity contribution in [1.29, 1.82) is 5.26 Å². The van der Waals surface area contributed by atoms with Crippen LogP contribution in [0.1, 0.15) is 43.1 Å². The Morgan fingerprint density at radius 2 is 1.94 bits per heavy atom. The van der Waals surface area contributed by atoms with E-state index in [1.165, 1.54) is 0 Å². The smallest absolute Gasteiger partial charge is 0.316 e. The van der Waals surface area contributed by atoms with Crippen molar-refractivity contribution >= 4 is 29.5 Å². The monoisotopic (exact) mass is 444 g/mol. The van der Waals surface area contributed by atoms with Crippen molar-refractivity contribution in [1.82, 2.24) is 29.5 Å². The molecule has 33 heavy (non-hydrogen) atoms. The van der Waals surface area contributed by atoms with E-state index < -0.39 is 0 Å². The van der Waals surface area contributed by atoms with Gasteiger partial charge in [0.15, 0.2) is 5.65 Å². The van der Waals surface area contributed by atoms with Crippen LogP contribution in [0.4, 0.5) is 5.82 Å². The van der Waals surface area contributed by atoms with Gasteiger partial charge < -0.3 is 16.4 Å². The summed E-state index contributed by atoms with van der Waals surface area (Å²) < 4.78 is 1.57. The van der Waals surface area contributed by atoms with E-state index in [9.17, 15) is 4.79 Å². The maximum absolute atomic E-state index is 12.7. The van der Waals surface area contributed by atoms with E-state index in [0.717, 1.165) is 43.3 Å². The third-order valence-corrected chi connectivity index (χ3v) is 6.40. The third-order valence-electron chi connectivity index (χ3n) is 6.40. The van der Waals surface area contributed by atoms with Crippen LogP contribution < -0.4 is 16.9 Å². The molecule has 5 heterocycles. The number of anilines is 1. The number of carbonyl (C=O) groups is 1. The average Bonchev–Trinajstić information content (AvgIpc) is 3.37. The van der Waals surface area contributed by atoms with E-state index >= 15 is 0 Å². The van der Waals surface area contributed by atoms with Crippen molar-refractivity contribution in [3.63, 3.8) is 0 Å². The Hall–Kier alpha value is -4.40. The number of amidine groups is 1. The summed E-state index contributed by atoms with van der Waals surface area (Å²) in [4.78, 5) is 31.3. The minimum Gasteiger partial charge on any atom is -0.384 e. The predicted octanol–water partition coefficient (Wildman–Crippen LogP) is -0.978. The number of rotatable bonds is 3. The van der Waals surface area contributed by atoms with Crippen LogP contribution in [0.2, 0.25) is 0 Å². The summed E-state index contributed by atoms with van der Waals surface area (Å²) in [5.74, 6) is 0.333. The quantitative estimate of drug-likeness (QED) is 0.339. The molecule has 1 unspecified atom stereocenters. The topological polar surface area (TPSA) is 190 Å². The summed E-state index contributed by atoms with van der Waals surface area (Å²) in [5.41, 5.74) is 15.0. The van der Waals surface area contributed by atoms with Crippen molar-refractivity contribution in [2.45, 2.75) is 43.7 Å². The molecule has 3 atom stereocenters. The zero-order valence-electron chi connectivity index (χ0n) is 17.7. The fraction of sp³-hybridized carbons (Fsp3) is 0.333. The van der Waals surface area contributed by atoms with Gasteiger partial charge in [-0.05, 0) is 30.7 Å². The molecule has 0 radical (unpaired) electrons. The fourth-order valence-corrected chi connectivity index (χ4v) is 4.96. The Balaban J connectivity index is 1.46. The average molecular weight is 444 g/mol. The second kappa shape index (κ2) is 7.94. The Labute approximate surface area is 188 Å². The number of aliphatic imine (C=N–C) groups is 1. The second-order valence-corrected chi connectivity index (χ2v) is 8.24. The number of nitrogen functional groups attached to an aromatic ring is 1. The fourth-order valence-electron chi connectivity index (χ4n) is 4.96. The highest BCUT2D eigenvalue weighted by atomic mass is 16.2. The van der Waals surface area contributed by atoms with E-state index in [2.05, 4.69) is 20.1 Å². The Bertz CT molecular complexity index is 1310. The van der Waals surface area contributed by atoms with Crippen LogP contribution in [0.5, 0.6) is 0 Å². The molecule has 2 fully saturated rings. The summed E-state index contributed by atoms with van der Waals surface area (Å²) in [5, 5.41) is 18.6. The molecule has 0 saturated carbocycles. The van der Waals surface area contributed by atoms with Crippen molar-refractivity contribution in [2.24, 2.45) is 10.7 Å². The van der Waals surface area contributed by atoms with E-state index in [1.54, 1.807) is 23.1 Å². The SMILES string of the molecule is N#Cc1ncc(-c2cnn3c(N)cc(C4C[C@H]5CC[C@@H](C4)N5C(=O)C(N)=NC=[NH2+])nc23)cn1. The number of nitrogens with two attached hydrogens (primary N) is 3. The highest BCUT2D eigenvalue weighted by Crippen LogP contribution is 2.43. The minimum atomic E-state index is -0.274. The van der Waals surface area contributed by atoms with Gasteiger partial charge in [0.05, 0.1) is 6.20 Å². The zero-order chi connectivity index (χ0) is 23.1. The lowest BCUT2D eigenvalue weighted by atomic mass is 9.87. The highest BCUT2D eigenvalue weighted by Gasteiger charge is 2.45. The van der Waals surface area contributed by atoms with Crippen LogP contribution in [0.25, 0.3) is 16.8 Å². The molecule has 2 aliphatic heterocycles. The van der Waals surface area contributed by atoms with Gasteiger partial charge in [0.25, 0.3) is 6.34 Å². The van der Waals surface area contributed by atoms with Gasteiger partial charge in [-0.3, -0.25) is 10.2 Å². The van der Waals surface area contributed by atoms with Crippen LogP contribution in [0, 0.1) is 11.3 Å². The van der Waals surface area contributed by atoms with Crippen molar-refractivity contribution in [3.05, 3.63) is 36.2 Å². The minimum absolute atomic E-state index is 0.0586. The first kappa shape index (κ1) is 20.5. The molecule has 3 aromatic heterocycles. The summed E-state index contributed by atoms with van der Waals surface area (Å²) in [6.45, 7) is 0. The van der Waals surface area contributed by atoms with Crippen LogP contribution in [0.15, 0.2) is 29.6 Å². The lowest BCUT2D eigenvalue weighted by Gasteiger charge is -2.38. The largest absolute Gasteiger partial charge is 0.384 e. The van der Waals surface area contributed by atoms with Crippen molar-refractivity contribution in [3.8, 4) is 17.2 Å². The van der Waals surface area contributed by atoms with Gasteiger partial charge in [0, 0.05) is 53.3 Å². The molecular formula is C21H22N11O+. The number of amides is 1. The summed E-state index contributed by atoms with van der Waals surface area (Å²) >= 11 is 0. The normalized spacial score (nSPS) is 22.3. The molecule has 2 aliphatic rings. The number of carbonyl (C=O) groups excluding carboxylic acids is 1. The number of hydrogen-bond donors (Lipinski definition) is 3. The number of fused-ring (bicyclic) bond motifs is 3. The standard InChI is InChI=1S/C21H21N11O/c22-6-18-26-7-12(8-27-18)15-9-29-32-17(24)5-16(30-20(15)32)11-3-13-1-2-14(4-11)31(13)21(33)19(25)28-10-23/h5,7-11,13-14H,1-4,24H2,(H3,23,25,28)/p+1/t11?,13-,14+.